The molecule has 1 heterocycles. The molecule has 2 nitrogen and oxygen atoms in total. The van der Waals surface area contributed by atoms with Gasteiger partial charge in [0.05, 0.1) is 11.0 Å². The second-order valence-corrected chi connectivity index (χ2v) is 16.9. The Labute approximate surface area is 385 Å². The van der Waals surface area contributed by atoms with E-state index in [-0.39, 0.29) is 0 Å². The van der Waals surface area contributed by atoms with Crippen LogP contribution in [0, 0.1) is 0 Å². The lowest BCUT2D eigenvalue weighted by Gasteiger charge is -2.26. The van der Waals surface area contributed by atoms with E-state index in [2.05, 4.69) is 276 Å². The number of benzene rings is 11. The van der Waals surface area contributed by atoms with Crippen molar-refractivity contribution in [1.29, 1.82) is 0 Å². The van der Waals surface area contributed by atoms with Gasteiger partial charge in [-0.3, -0.25) is 0 Å². The Balaban J connectivity index is 0.936. The molecule has 310 valence electrons. The van der Waals surface area contributed by atoms with Crippen molar-refractivity contribution in [3.63, 3.8) is 0 Å². The molecule has 12 rings (SSSR count). The van der Waals surface area contributed by atoms with E-state index in [9.17, 15) is 0 Å². The van der Waals surface area contributed by atoms with Crippen molar-refractivity contribution in [3.05, 3.63) is 267 Å². The van der Waals surface area contributed by atoms with Gasteiger partial charge in [-0.15, -0.1) is 0 Å². The molecular formula is C64H44N2. The molecule has 11 aromatic carbocycles. The fourth-order valence-electron chi connectivity index (χ4n) is 9.79. The summed E-state index contributed by atoms with van der Waals surface area (Å²) in [5, 5.41) is 5.01. The van der Waals surface area contributed by atoms with Gasteiger partial charge in [-0.25, -0.2) is 0 Å². The number of hydrogen-bond donors (Lipinski definition) is 0. The molecular weight excluding hydrogens is 797 g/mol. The predicted octanol–water partition coefficient (Wildman–Crippen LogP) is 17.7. The summed E-state index contributed by atoms with van der Waals surface area (Å²) in [7, 11) is 0. The quantitative estimate of drug-likeness (QED) is 0.141. The lowest BCUT2D eigenvalue weighted by Crippen LogP contribution is -2.10. The second-order valence-electron chi connectivity index (χ2n) is 16.9. The third-order valence-electron chi connectivity index (χ3n) is 13.0. The van der Waals surface area contributed by atoms with Crippen LogP contribution in [0.1, 0.15) is 0 Å². The van der Waals surface area contributed by atoms with Gasteiger partial charge in [0.25, 0.3) is 0 Å². The van der Waals surface area contributed by atoms with Crippen LogP contribution in [0.4, 0.5) is 17.1 Å². The van der Waals surface area contributed by atoms with E-state index in [1.807, 2.05) is 0 Å². The number of aromatic nitrogens is 1. The van der Waals surface area contributed by atoms with Crippen molar-refractivity contribution < 1.29 is 0 Å². The number of anilines is 3. The molecule has 0 atom stereocenters. The van der Waals surface area contributed by atoms with Crippen LogP contribution in [0.3, 0.4) is 0 Å². The van der Waals surface area contributed by atoms with Crippen LogP contribution in [0.25, 0.3) is 93.9 Å². The topological polar surface area (TPSA) is 8.17 Å². The van der Waals surface area contributed by atoms with Crippen molar-refractivity contribution >= 4 is 49.6 Å². The van der Waals surface area contributed by atoms with Gasteiger partial charge in [-0.2, -0.15) is 0 Å². The van der Waals surface area contributed by atoms with E-state index in [0.29, 0.717) is 0 Å². The fraction of sp³-hybridized carbons (Fsp3) is 0. The Morgan fingerprint density at radius 1 is 0.258 bits per heavy atom. The fourth-order valence-corrected chi connectivity index (χ4v) is 9.79. The average Bonchev–Trinajstić information content (AvgIpc) is 3.74. The SMILES string of the molecule is c1ccc(-c2ccc(N(c3ccc(-c4ccc(-c5ccc6ccccc6c5)cc4)cc3)c3cccc(-c4ccccc4-c4cccc5c4c4ccccc4n5-c4ccccc4)c3)cc2)cc1. The minimum Gasteiger partial charge on any atom is -0.310 e. The Morgan fingerprint density at radius 3 is 1.45 bits per heavy atom. The Morgan fingerprint density at radius 2 is 0.742 bits per heavy atom. The number of hydrogen-bond acceptors (Lipinski definition) is 1. The summed E-state index contributed by atoms with van der Waals surface area (Å²) in [4.78, 5) is 2.38. The van der Waals surface area contributed by atoms with Crippen LogP contribution in [0.15, 0.2) is 267 Å². The van der Waals surface area contributed by atoms with Gasteiger partial charge < -0.3 is 9.47 Å². The van der Waals surface area contributed by atoms with Gasteiger partial charge in [0, 0.05) is 33.5 Å². The van der Waals surface area contributed by atoms with Crippen LogP contribution in [0.5, 0.6) is 0 Å². The van der Waals surface area contributed by atoms with Crippen LogP contribution in [-0.4, -0.2) is 4.57 Å². The minimum absolute atomic E-state index is 1.08. The lowest BCUT2D eigenvalue weighted by molar-refractivity contribution is 1.18. The molecule has 2 heteroatoms. The molecule has 0 N–H and O–H groups in total. The zero-order valence-corrected chi connectivity index (χ0v) is 36.3. The summed E-state index contributed by atoms with van der Waals surface area (Å²) in [5.74, 6) is 0. The number of para-hydroxylation sites is 2. The zero-order valence-electron chi connectivity index (χ0n) is 36.3. The standard InChI is InChI=1S/C64H44N2/c1-3-15-45(16-4-1)48-35-39-55(40-36-48)65(56-41-37-49(38-42-56)47-29-31-50(32-30-47)52-34-33-46-17-7-8-18-51(46)43-52)57-22-13-19-53(44-57)58-23-9-10-24-59(58)60-26-14-28-63-64(60)61-25-11-12-27-62(61)66(63)54-20-5-2-6-21-54/h1-44H. The van der Waals surface area contributed by atoms with Crippen LogP contribution >= 0.6 is 0 Å². The molecule has 0 fully saturated rings. The van der Waals surface area contributed by atoms with Crippen molar-refractivity contribution in [2.24, 2.45) is 0 Å². The van der Waals surface area contributed by atoms with Gasteiger partial charge in [-0.1, -0.05) is 200 Å². The minimum atomic E-state index is 1.08. The summed E-state index contributed by atoms with van der Waals surface area (Å²) < 4.78 is 2.39. The Kier molecular flexibility index (Phi) is 9.89. The molecule has 0 unspecified atom stereocenters. The number of nitrogens with zero attached hydrogens (tertiary/aromatic N) is 2. The molecule has 0 amide bonds. The first-order valence-electron chi connectivity index (χ1n) is 22.7. The monoisotopic (exact) mass is 840 g/mol. The first-order chi connectivity index (χ1) is 32.7. The highest BCUT2D eigenvalue weighted by Gasteiger charge is 2.19. The molecule has 0 spiro atoms. The molecule has 0 bridgehead atoms. The summed E-state index contributed by atoms with van der Waals surface area (Å²) >= 11 is 0. The highest BCUT2D eigenvalue weighted by Crippen LogP contribution is 2.44. The van der Waals surface area contributed by atoms with Gasteiger partial charge in [0.2, 0.25) is 0 Å². The first-order valence-corrected chi connectivity index (χ1v) is 22.7. The molecule has 0 aliphatic heterocycles. The number of rotatable bonds is 9. The van der Waals surface area contributed by atoms with Crippen molar-refractivity contribution in [3.8, 4) is 61.3 Å². The molecule has 66 heavy (non-hydrogen) atoms. The summed E-state index contributed by atoms with van der Waals surface area (Å²) in [6.45, 7) is 0. The predicted molar refractivity (Wildman–Crippen MR) is 280 cm³/mol. The highest BCUT2D eigenvalue weighted by atomic mass is 15.1. The Bertz CT molecular complexity index is 3660. The van der Waals surface area contributed by atoms with Crippen LogP contribution < -0.4 is 4.90 Å². The van der Waals surface area contributed by atoms with Gasteiger partial charge in [-0.05, 0) is 133 Å². The maximum atomic E-state index is 2.39. The third kappa shape index (κ3) is 7.12. The van der Waals surface area contributed by atoms with Crippen LogP contribution in [0.2, 0.25) is 0 Å². The first kappa shape index (κ1) is 38.9. The van der Waals surface area contributed by atoms with Crippen molar-refractivity contribution in [1.82, 2.24) is 4.57 Å². The van der Waals surface area contributed by atoms with E-state index >= 15 is 0 Å². The maximum Gasteiger partial charge on any atom is 0.0547 e. The summed E-state index contributed by atoms with van der Waals surface area (Å²) in [5.41, 5.74) is 18.7. The van der Waals surface area contributed by atoms with Gasteiger partial charge in [0.1, 0.15) is 0 Å². The molecule has 0 saturated carbocycles. The largest absolute Gasteiger partial charge is 0.310 e. The van der Waals surface area contributed by atoms with E-state index in [4.69, 9.17) is 0 Å². The molecule has 0 aliphatic rings. The van der Waals surface area contributed by atoms with E-state index < -0.39 is 0 Å². The smallest absolute Gasteiger partial charge is 0.0547 e. The van der Waals surface area contributed by atoms with E-state index in [1.54, 1.807) is 0 Å². The second kappa shape index (κ2) is 16.8. The van der Waals surface area contributed by atoms with Crippen molar-refractivity contribution in [2.75, 3.05) is 4.90 Å². The summed E-state index contributed by atoms with van der Waals surface area (Å²) in [6.07, 6.45) is 0. The highest BCUT2D eigenvalue weighted by molar-refractivity contribution is 6.16. The third-order valence-corrected chi connectivity index (χ3v) is 13.0. The van der Waals surface area contributed by atoms with Gasteiger partial charge in [0.15, 0.2) is 0 Å². The maximum absolute atomic E-state index is 2.39. The van der Waals surface area contributed by atoms with Gasteiger partial charge >= 0.3 is 0 Å². The molecule has 12 aromatic rings. The molecule has 0 radical (unpaired) electrons. The number of fused-ring (bicyclic) bond motifs is 4. The zero-order chi connectivity index (χ0) is 43.8. The Hall–Kier alpha value is -8.72. The molecule has 0 saturated heterocycles. The van der Waals surface area contributed by atoms with Crippen molar-refractivity contribution in [2.45, 2.75) is 0 Å². The van der Waals surface area contributed by atoms with E-state index in [1.165, 1.54) is 82.6 Å². The lowest BCUT2D eigenvalue weighted by atomic mass is 9.91. The summed E-state index contributed by atoms with van der Waals surface area (Å²) in [6, 6.07) is 96.8. The normalized spacial score (nSPS) is 11.3. The van der Waals surface area contributed by atoms with E-state index in [0.717, 1.165) is 28.3 Å². The van der Waals surface area contributed by atoms with Crippen LogP contribution in [-0.2, 0) is 0 Å². The molecule has 0 aliphatic carbocycles. The molecule has 1 aromatic heterocycles. The average molecular weight is 841 g/mol.